The number of rotatable bonds is 0. The van der Waals surface area contributed by atoms with Gasteiger partial charge < -0.3 is 4.74 Å². The SMILES string of the molecule is C1CO1.O=C1C=CC(=O)C=C1. The molecule has 3 heteroatoms. The van der Waals surface area contributed by atoms with Gasteiger partial charge in [-0.1, -0.05) is 0 Å². The molecule has 1 heterocycles. The van der Waals surface area contributed by atoms with E-state index in [1.54, 1.807) is 0 Å². The maximum atomic E-state index is 10.3. The molecular weight excluding hydrogens is 144 g/mol. The topological polar surface area (TPSA) is 46.7 Å². The molecule has 0 N–H and O–H groups in total. The number of ether oxygens (including phenoxy) is 1. The molecule has 0 unspecified atom stereocenters. The van der Waals surface area contributed by atoms with Gasteiger partial charge in [0.2, 0.25) is 0 Å². The van der Waals surface area contributed by atoms with Gasteiger partial charge in [0.25, 0.3) is 0 Å². The Morgan fingerprint density at radius 1 is 0.909 bits per heavy atom. The molecule has 0 saturated carbocycles. The molecule has 1 saturated heterocycles. The highest BCUT2D eigenvalue weighted by Gasteiger charge is 1.97. The predicted octanol–water partition coefficient (Wildman–Crippen LogP) is 0.267. The monoisotopic (exact) mass is 152 g/mol. The van der Waals surface area contributed by atoms with E-state index in [-0.39, 0.29) is 11.6 Å². The van der Waals surface area contributed by atoms with Crippen molar-refractivity contribution in [2.24, 2.45) is 0 Å². The van der Waals surface area contributed by atoms with E-state index in [2.05, 4.69) is 4.74 Å². The van der Waals surface area contributed by atoms with Crippen molar-refractivity contribution in [3.8, 4) is 0 Å². The average Bonchev–Trinajstić information content (AvgIpc) is 2.80. The molecular formula is C8H8O3. The predicted molar refractivity (Wildman–Crippen MR) is 39.1 cm³/mol. The van der Waals surface area contributed by atoms with E-state index in [1.807, 2.05) is 0 Å². The van der Waals surface area contributed by atoms with Crippen LogP contribution in [-0.4, -0.2) is 24.8 Å². The first-order valence-corrected chi connectivity index (χ1v) is 3.31. The van der Waals surface area contributed by atoms with Crippen LogP contribution >= 0.6 is 0 Å². The summed E-state index contributed by atoms with van der Waals surface area (Å²) in [4.78, 5) is 20.6. The second-order valence-electron chi connectivity index (χ2n) is 2.08. The Morgan fingerprint density at radius 3 is 1.36 bits per heavy atom. The van der Waals surface area contributed by atoms with Crippen LogP contribution in [0.5, 0.6) is 0 Å². The summed E-state index contributed by atoms with van der Waals surface area (Å²) in [5.74, 6) is -0.241. The lowest BCUT2D eigenvalue weighted by Crippen LogP contribution is -1.97. The molecule has 0 aromatic heterocycles. The summed E-state index contributed by atoms with van der Waals surface area (Å²) in [6.07, 6.45) is 5.01. The van der Waals surface area contributed by atoms with Crippen molar-refractivity contribution >= 4 is 11.6 Å². The first-order valence-electron chi connectivity index (χ1n) is 3.31. The highest BCUT2D eigenvalue weighted by atomic mass is 16.6. The number of carbonyl (C=O) groups is 2. The van der Waals surface area contributed by atoms with Gasteiger partial charge in [0.05, 0.1) is 13.2 Å². The number of carbonyl (C=O) groups excluding carboxylic acids is 2. The van der Waals surface area contributed by atoms with Crippen LogP contribution in [0.3, 0.4) is 0 Å². The standard InChI is InChI=1S/C6H4O2.C2H4O/c7-5-1-2-6(8)4-3-5;1-2-3-1/h1-4H;1-2H2. The van der Waals surface area contributed by atoms with Crippen molar-refractivity contribution in [1.82, 2.24) is 0 Å². The highest BCUT2D eigenvalue weighted by Crippen LogP contribution is 1.90. The number of ketones is 2. The van der Waals surface area contributed by atoms with Gasteiger partial charge in [-0.25, -0.2) is 0 Å². The van der Waals surface area contributed by atoms with Crippen LogP contribution in [0.15, 0.2) is 24.3 Å². The Morgan fingerprint density at radius 2 is 1.18 bits per heavy atom. The quantitative estimate of drug-likeness (QED) is 0.369. The van der Waals surface area contributed by atoms with E-state index in [9.17, 15) is 9.59 Å². The molecule has 2 aliphatic rings. The van der Waals surface area contributed by atoms with E-state index in [0.29, 0.717) is 0 Å². The second-order valence-corrected chi connectivity index (χ2v) is 2.08. The van der Waals surface area contributed by atoms with Crippen molar-refractivity contribution in [2.75, 3.05) is 13.2 Å². The molecule has 0 bridgehead atoms. The van der Waals surface area contributed by atoms with Crippen molar-refractivity contribution < 1.29 is 14.3 Å². The molecule has 2 rings (SSSR count). The van der Waals surface area contributed by atoms with Crippen LogP contribution in [0.2, 0.25) is 0 Å². The fraction of sp³-hybridized carbons (Fsp3) is 0.250. The fourth-order valence-electron chi connectivity index (χ4n) is 0.440. The van der Waals surface area contributed by atoms with E-state index in [1.165, 1.54) is 24.3 Å². The molecule has 0 radical (unpaired) electrons. The van der Waals surface area contributed by atoms with Gasteiger partial charge in [0.15, 0.2) is 11.6 Å². The Labute approximate surface area is 64.3 Å². The van der Waals surface area contributed by atoms with Gasteiger partial charge >= 0.3 is 0 Å². The van der Waals surface area contributed by atoms with Crippen LogP contribution in [0.4, 0.5) is 0 Å². The minimum absolute atomic E-state index is 0.121. The summed E-state index contributed by atoms with van der Waals surface area (Å²) in [5, 5.41) is 0. The number of hydrogen-bond acceptors (Lipinski definition) is 3. The summed E-state index contributed by atoms with van der Waals surface area (Å²) < 4.78 is 4.50. The lowest BCUT2D eigenvalue weighted by atomic mass is 10.2. The Bertz CT molecular complexity index is 183. The largest absolute Gasteiger partial charge is 0.377 e. The smallest absolute Gasteiger partial charge is 0.178 e. The Balaban J connectivity index is 0.000000167. The summed E-state index contributed by atoms with van der Waals surface area (Å²) in [5.41, 5.74) is 0. The molecule has 3 nitrogen and oxygen atoms in total. The van der Waals surface area contributed by atoms with Crippen LogP contribution in [-0.2, 0) is 14.3 Å². The molecule has 0 aromatic rings. The van der Waals surface area contributed by atoms with Crippen molar-refractivity contribution in [1.29, 1.82) is 0 Å². The maximum absolute atomic E-state index is 10.3. The maximum Gasteiger partial charge on any atom is 0.178 e. The van der Waals surface area contributed by atoms with Gasteiger partial charge in [0.1, 0.15) is 0 Å². The third-order valence-corrected chi connectivity index (χ3v) is 1.03. The summed E-state index contributed by atoms with van der Waals surface area (Å²) >= 11 is 0. The van der Waals surface area contributed by atoms with Crippen molar-refractivity contribution in [3.05, 3.63) is 24.3 Å². The number of epoxide rings is 1. The average molecular weight is 152 g/mol. The molecule has 1 aliphatic heterocycles. The minimum Gasteiger partial charge on any atom is -0.377 e. The molecule has 0 atom stereocenters. The van der Waals surface area contributed by atoms with E-state index < -0.39 is 0 Å². The molecule has 1 aliphatic carbocycles. The Kier molecular flexibility index (Phi) is 2.74. The molecule has 0 aromatic carbocycles. The zero-order chi connectivity index (χ0) is 8.10. The number of hydrogen-bond donors (Lipinski definition) is 0. The first kappa shape index (κ1) is 7.88. The zero-order valence-electron chi connectivity index (χ0n) is 5.95. The van der Waals surface area contributed by atoms with Gasteiger partial charge in [-0.2, -0.15) is 0 Å². The van der Waals surface area contributed by atoms with Gasteiger partial charge in [-0.05, 0) is 24.3 Å². The van der Waals surface area contributed by atoms with Crippen molar-refractivity contribution in [3.63, 3.8) is 0 Å². The lowest BCUT2D eigenvalue weighted by Gasteiger charge is -1.87. The van der Waals surface area contributed by atoms with Crippen LogP contribution in [0.1, 0.15) is 0 Å². The lowest BCUT2D eigenvalue weighted by molar-refractivity contribution is -0.113. The first-order chi connectivity index (χ1) is 5.29. The molecule has 11 heavy (non-hydrogen) atoms. The normalized spacial score (nSPS) is 19.3. The molecule has 0 spiro atoms. The molecule has 0 amide bonds. The molecule has 1 fully saturated rings. The van der Waals surface area contributed by atoms with E-state index in [4.69, 9.17) is 0 Å². The third-order valence-electron chi connectivity index (χ3n) is 1.03. The summed E-state index contributed by atoms with van der Waals surface area (Å²) in [6, 6.07) is 0. The summed E-state index contributed by atoms with van der Waals surface area (Å²) in [7, 11) is 0. The van der Waals surface area contributed by atoms with Gasteiger partial charge in [-0.3, -0.25) is 9.59 Å². The second kappa shape index (κ2) is 3.83. The molecule has 58 valence electrons. The van der Waals surface area contributed by atoms with Crippen molar-refractivity contribution in [2.45, 2.75) is 0 Å². The highest BCUT2D eigenvalue weighted by molar-refractivity contribution is 6.14. The zero-order valence-corrected chi connectivity index (χ0v) is 5.95. The Hall–Kier alpha value is -1.22. The van der Waals surface area contributed by atoms with E-state index in [0.717, 1.165) is 13.2 Å². The third kappa shape index (κ3) is 4.22. The summed E-state index contributed by atoms with van der Waals surface area (Å²) in [6.45, 7) is 2.00. The van der Waals surface area contributed by atoms with Gasteiger partial charge in [0, 0.05) is 0 Å². The fourth-order valence-corrected chi connectivity index (χ4v) is 0.440. The van der Waals surface area contributed by atoms with Crippen LogP contribution in [0.25, 0.3) is 0 Å². The van der Waals surface area contributed by atoms with Crippen LogP contribution < -0.4 is 0 Å². The van der Waals surface area contributed by atoms with Gasteiger partial charge in [-0.15, -0.1) is 0 Å². The minimum atomic E-state index is -0.121. The van der Waals surface area contributed by atoms with Crippen LogP contribution in [0, 0.1) is 0 Å². The number of allylic oxidation sites excluding steroid dienone is 4. The van der Waals surface area contributed by atoms with E-state index >= 15 is 0 Å².